The number of nitrogens with zero attached hydrogens (tertiary/aromatic N) is 2. The van der Waals surface area contributed by atoms with Crippen molar-refractivity contribution in [2.24, 2.45) is 0 Å². The van der Waals surface area contributed by atoms with Gasteiger partial charge in [0.15, 0.2) is 0 Å². The second-order valence-electron chi connectivity index (χ2n) is 8.45. The quantitative estimate of drug-likeness (QED) is 0.272. The first-order valence-electron chi connectivity index (χ1n) is 11.8. The fourth-order valence-corrected chi connectivity index (χ4v) is 4.25. The van der Waals surface area contributed by atoms with E-state index in [0.717, 1.165) is 18.5 Å². The van der Waals surface area contributed by atoms with Gasteiger partial charge in [0.25, 0.3) is 0 Å². The zero-order valence-corrected chi connectivity index (χ0v) is 18.5. The molecule has 0 saturated heterocycles. The third kappa shape index (κ3) is 6.45. The van der Waals surface area contributed by atoms with Crippen LogP contribution in [0.15, 0.2) is 48.5 Å². The van der Waals surface area contributed by atoms with Crippen molar-refractivity contribution in [1.29, 1.82) is 0 Å². The molecular formula is C27H38N2. The zero-order valence-electron chi connectivity index (χ0n) is 18.5. The summed E-state index contributed by atoms with van der Waals surface area (Å²) in [6, 6.07) is 17.3. The highest BCUT2D eigenvalue weighted by atomic mass is 15.1. The van der Waals surface area contributed by atoms with E-state index in [1.54, 1.807) is 0 Å². The van der Waals surface area contributed by atoms with Crippen molar-refractivity contribution >= 4 is 11.0 Å². The topological polar surface area (TPSA) is 17.8 Å². The summed E-state index contributed by atoms with van der Waals surface area (Å²) < 4.78 is 2.46. The summed E-state index contributed by atoms with van der Waals surface area (Å²) in [6.07, 6.45) is 14.7. The molecule has 0 saturated carbocycles. The van der Waals surface area contributed by atoms with E-state index >= 15 is 0 Å². The zero-order chi connectivity index (χ0) is 20.3. The summed E-state index contributed by atoms with van der Waals surface area (Å²) in [7, 11) is 0. The van der Waals surface area contributed by atoms with E-state index in [1.165, 1.54) is 86.7 Å². The molecule has 2 heteroatoms. The molecule has 2 aromatic carbocycles. The van der Waals surface area contributed by atoms with Gasteiger partial charge in [0.05, 0.1) is 11.0 Å². The summed E-state index contributed by atoms with van der Waals surface area (Å²) >= 11 is 0. The Morgan fingerprint density at radius 2 is 1.34 bits per heavy atom. The minimum atomic E-state index is 0.916. The molecule has 0 aliphatic rings. The molecule has 3 aromatic rings. The Balaban J connectivity index is 1.52. The Morgan fingerprint density at radius 1 is 0.724 bits per heavy atom. The molecule has 2 nitrogen and oxygen atoms in total. The Hall–Kier alpha value is -2.09. The van der Waals surface area contributed by atoms with Crippen LogP contribution < -0.4 is 0 Å². The maximum atomic E-state index is 4.98. The normalized spacial score (nSPS) is 11.4. The van der Waals surface area contributed by atoms with Crippen molar-refractivity contribution in [1.82, 2.24) is 9.55 Å². The van der Waals surface area contributed by atoms with Gasteiger partial charge in [-0.25, -0.2) is 4.98 Å². The van der Waals surface area contributed by atoms with Crippen molar-refractivity contribution in [2.75, 3.05) is 0 Å². The number of aryl methyl sites for hydroxylation is 2. The summed E-state index contributed by atoms with van der Waals surface area (Å²) in [4.78, 5) is 4.98. The van der Waals surface area contributed by atoms with E-state index in [9.17, 15) is 0 Å². The molecule has 0 aliphatic carbocycles. The predicted molar refractivity (Wildman–Crippen MR) is 126 cm³/mol. The highest BCUT2D eigenvalue weighted by Gasteiger charge is 2.11. The monoisotopic (exact) mass is 390 g/mol. The number of fused-ring (bicyclic) bond motifs is 1. The van der Waals surface area contributed by atoms with Crippen LogP contribution >= 0.6 is 0 Å². The standard InChI is InChI=1S/C27H38N2/c1-3-4-5-6-7-8-9-10-11-16-21-29-26-20-15-14-19-25(26)28-27(29)22-24-18-13-12-17-23(24)2/h12-15,17-20H,3-11,16,21-22H2,1-2H3. The summed E-state index contributed by atoms with van der Waals surface area (Å²) in [5, 5.41) is 0. The van der Waals surface area contributed by atoms with E-state index in [2.05, 4.69) is 66.9 Å². The highest BCUT2D eigenvalue weighted by molar-refractivity contribution is 5.76. The van der Waals surface area contributed by atoms with Crippen LogP contribution in [-0.4, -0.2) is 9.55 Å². The molecule has 0 aliphatic heterocycles. The van der Waals surface area contributed by atoms with Gasteiger partial charge in [-0.15, -0.1) is 0 Å². The Bertz CT molecular complexity index is 862. The minimum Gasteiger partial charge on any atom is -0.328 e. The third-order valence-electron chi connectivity index (χ3n) is 6.08. The molecule has 0 N–H and O–H groups in total. The number of benzene rings is 2. The molecule has 1 heterocycles. The fourth-order valence-electron chi connectivity index (χ4n) is 4.25. The minimum absolute atomic E-state index is 0.916. The van der Waals surface area contributed by atoms with Crippen molar-refractivity contribution in [2.45, 2.75) is 91.0 Å². The number of unbranched alkanes of at least 4 members (excludes halogenated alkanes) is 9. The van der Waals surface area contributed by atoms with Crippen LogP contribution in [0, 0.1) is 6.92 Å². The van der Waals surface area contributed by atoms with Crippen LogP contribution in [-0.2, 0) is 13.0 Å². The molecule has 1 aromatic heterocycles. The van der Waals surface area contributed by atoms with E-state index in [-0.39, 0.29) is 0 Å². The van der Waals surface area contributed by atoms with Gasteiger partial charge < -0.3 is 4.57 Å². The predicted octanol–water partition coefficient (Wildman–Crippen LogP) is 7.86. The first-order chi connectivity index (χ1) is 14.3. The van der Waals surface area contributed by atoms with Crippen molar-refractivity contribution in [3.63, 3.8) is 0 Å². The van der Waals surface area contributed by atoms with Gasteiger partial charge in [-0.1, -0.05) is 101 Å². The Morgan fingerprint density at radius 3 is 2.07 bits per heavy atom. The molecule has 0 bridgehead atoms. The van der Waals surface area contributed by atoms with Crippen LogP contribution in [0.5, 0.6) is 0 Å². The maximum Gasteiger partial charge on any atom is 0.114 e. The maximum absolute atomic E-state index is 4.98. The van der Waals surface area contributed by atoms with Gasteiger partial charge >= 0.3 is 0 Å². The molecule has 0 fully saturated rings. The molecule has 3 rings (SSSR count). The Labute approximate surface area is 177 Å². The van der Waals surface area contributed by atoms with Gasteiger partial charge in [0.2, 0.25) is 0 Å². The number of rotatable bonds is 13. The highest BCUT2D eigenvalue weighted by Crippen LogP contribution is 2.21. The van der Waals surface area contributed by atoms with Crippen LogP contribution in [0.2, 0.25) is 0 Å². The van der Waals surface area contributed by atoms with Gasteiger partial charge in [-0.05, 0) is 36.6 Å². The van der Waals surface area contributed by atoms with Crippen molar-refractivity contribution in [3.8, 4) is 0 Å². The molecule has 29 heavy (non-hydrogen) atoms. The summed E-state index contributed by atoms with van der Waals surface area (Å²) in [5.41, 5.74) is 5.15. The average Bonchev–Trinajstić information content (AvgIpc) is 3.08. The number of para-hydroxylation sites is 2. The second kappa shape index (κ2) is 11.8. The van der Waals surface area contributed by atoms with Crippen molar-refractivity contribution < 1.29 is 0 Å². The molecule has 0 spiro atoms. The molecule has 0 radical (unpaired) electrons. The van der Waals surface area contributed by atoms with Gasteiger partial charge in [-0.3, -0.25) is 0 Å². The van der Waals surface area contributed by atoms with Crippen LogP contribution in [0.25, 0.3) is 11.0 Å². The number of imidazole rings is 1. The molecule has 156 valence electrons. The number of aromatic nitrogens is 2. The smallest absolute Gasteiger partial charge is 0.114 e. The van der Waals surface area contributed by atoms with Crippen molar-refractivity contribution in [3.05, 3.63) is 65.5 Å². The summed E-state index contributed by atoms with van der Waals surface area (Å²) in [6.45, 7) is 5.57. The van der Waals surface area contributed by atoms with E-state index in [0.29, 0.717) is 0 Å². The van der Waals surface area contributed by atoms with E-state index in [1.807, 2.05) is 0 Å². The summed E-state index contributed by atoms with van der Waals surface area (Å²) in [5.74, 6) is 1.21. The first kappa shape index (κ1) is 21.6. The Kier molecular flexibility index (Phi) is 8.80. The lowest BCUT2D eigenvalue weighted by atomic mass is 10.1. The van der Waals surface area contributed by atoms with Gasteiger partial charge in [0, 0.05) is 13.0 Å². The molecule has 0 unspecified atom stereocenters. The van der Waals surface area contributed by atoms with Gasteiger partial charge in [-0.2, -0.15) is 0 Å². The number of hydrogen-bond acceptors (Lipinski definition) is 1. The lowest BCUT2D eigenvalue weighted by molar-refractivity contribution is 0.533. The SMILES string of the molecule is CCCCCCCCCCCCn1c(Cc2ccccc2C)nc2ccccc21. The molecular weight excluding hydrogens is 352 g/mol. The largest absolute Gasteiger partial charge is 0.328 e. The van der Waals surface area contributed by atoms with E-state index < -0.39 is 0 Å². The average molecular weight is 391 g/mol. The van der Waals surface area contributed by atoms with Crippen LogP contribution in [0.3, 0.4) is 0 Å². The second-order valence-corrected chi connectivity index (χ2v) is 8.45. The molecule has 0 atom stereocenters. The first-order valence-corrected chi connectivity index (χ1v) is 11.8. The lowest BCUT2D eigenvalue weighted by Crippen LogP contribution is -2.06. The van der Waals surface area contributed by atoms with Gasteiger partial charge in [0.1, 0.15) is 5.82 Å². The fraction of sp³-hybridized carbons (Fsp3) is 0.519. The van der Waals surface area contributed by atoms with Crippen LogP contribution in [0.1, 0.15) is 88.1 Å². The van der Waals surface area contributed by atoms with E-state index in [4.69, 9.17) is 4.98 Å². The third-order valence-corrected chi connectivity index (χ3v) is 6.08. The molecule has 0 amide bonds. The number of hydrogen-bond donors (Lipinski definition) is 0. The lowest BCUT2D eigenvalue weighted by Gasteiger charge is -2.11. The van der Waals surface area contributed by atoms with Crippen LogP contribution in [0.4, 0.5) is 0 Å².